The Bertz CT molecular complexity index is 505. The van der Waals surface area contributed by atoms with Crippen molar-refractivity contribution in [2.45, 2.75) is 26.9 Å². The standard InChI is InChI=1S/C14H20N4O2/c1-11-7-13(15-19-11)9-17-3-5-18(6-4-17)10-14-8-12(2)20-16-14/h7-8H,3-6,9-10H2,1-2H3. The molecule has 0 bridgehead atoms. The normalized spacial score (nSPS) is 17.7. The molecule has 2 aromatic heterocycles. The maximum Gasteiger partial charge on any atom is 0.133 e. The largest absolute Gasteiger partial charge is 0.361 e. The molecular formula is C14H20N4O2. The fraction of sp³-hybridized carbons (Fsp3) is 0.571. The zero-order chi connectivity index (χ0) is 13.9. The topological polar surface area (TPSA) is 58.5 Å². The second-order valence-corrected chi connectivity index (χ2v) is 5.41. The summed E-state index contributed by atoms with van der Waals surface area (Å²) < 4.78 is 10.2. The van der Waals surface area contributed by atoms with Crippen LogP contribution in [0, 0.1) is 13.8 Å². The molecule has 2 aromatic rings. The molecule has 1 fully saturated rings. The van der Waals surface area contributed by atoms with Crippen molar-refractivity contribution in [3.8, 4) is 0 Å². The van der Waals surface area contributed by atoms with E-state index >= 15 is 0 Å². The van der Waals surface area contributed by atoms with E-state index in [9.17, 15) is 0 Å². The molecule has 0 aromatic carbocycles. The van der Waals surface area contributed by atoms with Gasteiger partial charge in [-0.1, -0.05) is 10.3 Å². The molecule has 0 amide bonds. The van der Waals surface area contributed by atoms with Gasteiger partial charge in [-0.3, -0.25) is 9.80 Å². The summed E-state index contributed by atoms with van der Waals surface area (Å²) in [5.74, 6) is 1.75. The minimum Gasteiger partial charge on any atom is -0.361 e. The van der Waals surface area contributed by atoms with E-state index in [2.05, 4.69) is 20.1 Å². The third-order valence-electron chi connectivity index (χ3n) is 3.59. The predicted molar refractivity (Wildman–Crippen MR) is 73.0 cm³/mol. The van der Waals surface area contributed by atoms with Crippen molar-refractivity contribution < 1.29 is 9.05 Å². The van der Waals surface area contributed by atoms with Crippen LogP contribution in [0.1, 0.15) is 22.9 Å². The van der Waals surface area contributed by atoms with Gasteiger partial charge in [-0.05, 0) is 13.8 Å². The van der Waals surface area contributed by atoms with Gasteiger partial charge in [0.05, 0.1) is 11.4 Å². The van der Waals surface area contributed by atoms with Crippen LogP contribution in [0.25, 0.3) is 0 Å². The average Bonchev–Trinajstić information content (AvgIpc) is 3.01. The van der Waals surface area contributed by atoms with Gasteiger partial charge in [-0.15, -0.1) is 0 Å². The number of rotatable bonds is 4. The molecule has 0 spiro atoms. The molecule has 0 saturated carbocycles. The molecule has 0 N–H and O–H groups in total. The lowest BCUT2D eigenvalue weighted by Gasteiger charge is -2.33. The van der Waals surface area contributed by atoms with Gasteiger partial charge in [-0.2, -0.15) is 0 Å². The van der Waals surface area contributed by atoms with Crippen molar-refractivity contribution in [3.05, 3.63) is 35.0 Å². The zero-order valence-electron chi connectivity index (χ0n) is 12.0. The summed E-state index contributed by atoms with van der Waals surface area (Å²) in [5.41, 5.74) is 2.03. The van der Waals surface area contributed by atoms with Gasteiger partial charge in [0.1, 0.15) is 11.5 Å². The van der Waals surface area contributed by atoms with Crippen molar-refractivity contribution in [2.24, 2.45) is 0 Å². The van der Waals surface area contributed by atoms with Crippen LogP contribution in [0.15, 0.2) is 21.2 Å². The summed E-state index contributed by atoms with van der Waals surface area (Å²) in [6, 6.07) is 4.01. The second kappa shape index (κ2) is 5.76. The van der Waals surface area contributed by atoms with Crippen LogP contribution in [-0.4, -0.2) is 46.3 Å². The Morgan fingerprint density at radius 1 is 0.850 bits per heavy atom. The first-order valence-corrected chi connectivity index (χ1v) is 6.98. The number of aromatic nitrogens is 2. The molecule has 1 aliphatic rings. The highest BCUT2D eigenvalue weighted by atomic mass is 16.5. The van der Waals surface area contributed by atoms with E-state index in [0.29, 0.717) is 0 Å². The number of aryl methyl sites for hydroxylation is 2. The lowest BCUT2D eigenvalue weighted by molar-refractivity contribution is 0.118. The second-order valence-electron chi connectivity index (χ2n) is 5.41. The third-order valence-corrected chi connectivity index (χ3v) is 3.59. The average molecular weight is 276 g/mol. The Morgan fingerprint density at radius 3 is 1.55 bits per heavy atom. The molecule has 1 saturated heterocycles. The smallest absolute Gasteiger partial charge is 0.133 e. The first-order chi connectivity index (χ1) is 9.69. The fourth-order valence-corrected chi connectivity index (χ4v) is 2.55. The molecule has 0 aliphatic carbocycles. The summed E-state index contributed by atoms with van der Waals surface area (Å²) in [6.45, 7) is 9.77. The van der Waals surface area contributed by atoms with Crippen molar-refractivity contribution in [1.82, 2.24) is 20.1 Å². The Morgan fingerprint density at radius 2 is 1.25 bits per heavy atom. The van der Waals surface area contributed by atoms with Gasteiger partial charge < -0.3 is 9.05 Å². The Balaban J connectivity index is 1.47. The predicted octanol–water partition coefficient (Wildman–Crippen LogP) is 1.60. The Hall–Kier alpha value is -1.66. The van der Waals surface area contributed by atoms with E-state index in [-0.39, 0.29) is 0 Å². The monoisotopic (exact) mass is 276 g/mol. The molecule has 20 heavy (non-hydrogen) atoms. The maximum absolute atomic E-state index is 5.10. The van der Waals surface area contributed by atoms with Gasteiger partial charge >= 0.3 is 0 Å². The van der Waals surface area contributed by atoms with Crippen molar-refractivity contribution in [1.29, 1.82) is 0 Å². The van der Waals surface area contributed by atoms with Crippen LogP contribution >= 0.6 is 0 Å². The molecule has 0 atom stereocenters. The Labute approximate surface area is 118 Å². The molecule has 108 valence electrons. The summed E-state index contributed by atoms with van der Waals surface area (Å²) in [6.07, 6.45) is 0. The van der Waals surface area contributed by atoms with Crippen LogP contribution in [-0.2, 0) is 13.1 Å². The molecule has 3 heterocycles. The minimum atomic E-state index is 0.869. The Kier molecular flexibility index (Phi) is 3.84. The molecule has 3 rings (SSSR count). The highest BCUT2D eigenvalue weighted by Gasteiger charge is 2.19. The zero-order valence-corrected chi connectivity index (χ0v) is 12.0. The van der Waals surface area contributed by atoms with E-state index in [1.54, 1.807) is 0 Å². The van der Waals surface area contributed by atoms with Gasteiger partial charge in [0, 0.05) is 51.4 Å². The quantitative estimate of drug-likeness (QED) is 0.845. The van der Waals surface area contributed by atoms with E-state index in [1.807, 2.05) is 26.0 Å². The van der Waals surface area contributed by atoms with Crippen molar-refractivity contribution in [3.63, 3.8) is 0 Å². The lowest BCUT2D eigenvalue weighted by Crippen LogP contribution is -2.45. The van der Waals surface area contributed by atoms with Crippen LogP contribution in [0.5, 0.6) is 0 Å². The maximum atomic E-state index is 5.10. The number of nitrogens with zero attached hydrogens (tertiary/aromatic N) is 4. The molecule has 1 aliphatic heterocycles. The third kappa shape index (κ3) is 3.26. The number of hydrogen-bond acceptors (Lipinski definition) is 6. The SMILES string of the molecule is Cc1cc(CN2CCN(Cc3cc(C)on3)CC2)no1. The molecule has 0 radical (unpaired) electrons. The van der Waals surface area contributed by atoms with Gasteiger partial charge in [0.15, 0.2) is 0 Å². The molecular weight excluding hydrogens is 256 g/mol. The van der Waals surface area contributed by atoms with Crippen LogP contribution in [0.4, 0.5) is 0 Å². The van der Waals surface area contributed by atoms with Gasteiger partial charge in [-0.25, -0.2) is 0 Å². The van der Waals surface area contributed by atoms with Gasteiger partial charge in [0.25, 0.3) is 0 Å². The van der Waals surface area contributed by atoms with Crippen LogP contribution < -0.4 is 0 Å². The minimum absolute atomic E-state index is 0.869. The summed E-state index contributed by atoms with van der Waals surface area (Å²) in [4.78, 5) is 4.81. The highest BCUT2D eigenvalue weighted by molar-refractivity contribution is 5.04. The molecule has 6 heteroatoms. The number of piperazine rings is 1. The van der Waals surface area contributed by atoms with Crippen molar-refractivity contribution in [2.75, 3.05) is 26.2 Å². The number of hydrogen-bond donors (Lipinski definition) is 0. The van der Waals surface area contributed by atoms with E-state index in [1.165, 1.54) is 0 Å². The fourth-order valence-electron chi connectivity index (χ4n) is 2.55. The van der Waals surface area contributed by atoms with E-state index < -0.39 is 0 Å². The van der Waals surface area contributed by atoms with E-state index in [4.69, 9.17) is 9.05 Å². The lowest BCUT2D eigenvalue weighted by atomic mass is 10.2. The highest BCUT2D eigenvalue weighted by Crippen LogP contribution is 2.11. The summed E-state index contributed by atoms with van der Waals surface area (Å²) >= 11 is 0. The van der Waals surface area contributed by atoms with Gasteiger partial charge in [0.2, 0.25) is 0 Å². The summed E-state index contributed by atoms with van der Waals surface area (Å²) in [7, 11) is 0. The van der Waals surface area contributed by atoms with Crippen LogP contribution in [0.3, 0.4) is 0 Å². The molecule has 0 unspecified atom stereocenters. The summed E-state index contributed by atoms with van der Waals surface area (Å²) in [5, 5.41) is 8.09. The van der Waals surface area contributed by atoms with Crippen molar-refractivity contribution >= 4 is 0 Å². The van der Waals surface area contributed by atoms with E-state index in [0.717, 1.165) is 62.2 Å². The first-order valence-electron chi connectivity index (χ1n) is 6.98. The molecule has 6 nitrogen and oxygen atoms in total. The first kappa shape index (κ1) is 13.3. The van der Waals surface area contributed by atoms with Crippen LogP contribution in [0.2, 0.25) is 0 Å².